The molecule has 2 aromatic rings. The molecule has 0 aromatic heterocycles. The van der Waals surface area contributed by atoms with Gasteiger partial charge in [-0.25, -0.2) is 8.42 Å². The molecule has 152 valence electrons. The number of aromatic hydroxyl groups is 1. The number of anilines is 1. The molecule has 0 fully saturated rings. The van der Waals surface area contributed by atoms with Gasteiger partial charge in [0.05, 0.1) is 16.5 Å². The van der Waals surface area contributed by atoms with Gasteiger partial charge in [0.15, 0.2) is 0 Å². The van der Waals surface area contributed by atoms with Gasteiger partial charge in [-0.1, -0.05) is 57.5 Å². The zero-order valence-corrected chi connectivity index (χ0v) is 17.4. The number of carbonyl (C=O) groups excluding carboxylic acids is 1. The molecule has 0 spiro atoms. The van der Waals surface area contributed by atoms with Crippen LogP contribution in [0.2, 0.25) is 0 Å². The number of nitrogens with one attached hydrogen (secondary N) is 1. The van der Waals surface area contributed by atoms with Crippen molar-refractivity contribution < 1.29 is 18.3 Å². The number of rotatable bonds is 9. The Hall–Kier alpha value is -2.38. The fraction of sp³-hybridized carbons (Fsp3) is 0.381. The first-order valence-electron chi connectivity index (χ1n) is 9.54. The van der Waals surface area contributed by atoms with Crippen molar-refractivity contribution in [3.05, 3.63) is 54.1 Å². The van der Waals surface area contributed by atoms with Crippen molar-refractivity contribution in [1.29, 1.82) is 0 Å². The summed E-state index contributed by atoms with van der Waals surface area (Å²) in [6, 6.07) is 13.4. The number of benzene rings is 2. The van der Waals surface area contributed by atoms with Crippen LogP contribution >= 0.6 is 0 Å². The predicted octanol–water partition coefficient (Wildman–Crippen LogP) is 3.95. The van der Waals surface area contributed by atoms with Crippen LogP contribution < -0.4 is 5.32 Å². The second-order valence-corrected chi connectivity index (χ2v) is 8.45. The lowest BCUT2D eigenvalue weighted by atomic mass is 9.93. The molecule has 1 amide bonds. The molecule has 0 saturated carbocycles. The van der Waals surface area contributed by atoms with Crippen LogP contribution in [0.15, 0.2) is 53.4 Å². The van der Waals surface area contributed by atoms with Gasteiger partial charge in [0.1, 0.15) is 5.75 Å². The topological polar surface area (TPSA) is 86.7 Å². The lowest BCUT2D eigenvalue weighted by Crippen LogP contribution is -2.30. The fourth-order valence-electron chi connectivity index (χ4n) is 3.13. The maximum atomic E-state index is 12.9. The lowest BCUT2D eigenvalue weighted by Gasteiger charge is -2.20. The molecule has 6 nitrogen and oxygen atoms in total. The Morgan fingerprint density at radius 2 is 1.71 bits per heavy atom. The molecule has 2 aromatic carbocycles. The number of phenolic OH excluding ortho intramolecular Hbond substituents is 1. The first-order chi connectivity index (χ1) is 13.3. The van der Waals surface area contributed by atoms with Crippen LogP contribution in [0.3, 0.4) is 0 Å². The summed E-state index contributed by atoms with van der Waals surface area (Å²) < 4.78 is 26.8. The van der Waals surface area contributed by atoms with Gasteiger partial charge < -0.3 is 10.4 Å². The monoisotopic (exact) mass is 404 g/mol. The van der Waals surface area contributed by atoms with Crippen LogP contribution in [0.4, 0.5) is 5.69 Å². The predicted molar refractivity (Wildman–Crippen MR) is 111 cm³/mol. The molecule has 0 aliphatic carbocycles. The van der Waals surface area contributed by atoms with E-state index in [4.69, 9.17) is 0 Å². The second-order valence-electron chi connectivity index (χ2n) is 6.51. The van der Waals surface area contributed by atoms with E-state index in [-0.39, 0.29) is 28.2 Å². The van der Waals surface area contributed by atoms with Crippen LogP contribution in [0, 0.1) is 0 Å². The zero-order valence-electron chi connectivity index (χ0n) is 16.6. The SMILES string of the molecule is CCCC(C(=O)Nc1cc(S(=O)(=O)N(CC)CC)ccc1O)c1ccccc1. The Morgan fingerprint density at radius 1 is 1.07 bits per heavy atom. The lowest BCUT2D eigenvalue weighted by molar-refractivity contribution is -0.117. The highest BCUT2D eigenvalue weighted by atomic mass is 32.2. The van der Waals surface area contributed by atoms with Crippen LogP contribution in [0.1, 0.15) is 45.1 Å². The van der Waals surface area contributed by atoms with Gasteiger partial charge in [-0.15, -0.1) is 0 Å². The van der Waals surface area contributed by atoms with Crippen molar-refractivity contribution in [2.45, 2.75) is 44.4 Å². The molecular formula is C21H28N2O4S. The van der Waals surface area contributed by atoms with Crippen LogP contribution in [-0.2, 0) is 14.8 Å². The summed E-state index contributed by atoms with van der Waals surface area (Å²) in [6.45, 7) is 6.21. The molecule has 2 N–H and O–H groups in total. The van der Waals surface area contributed by atoms with Crippen molar-refractivity contribution in [3.63, 3.8) is 0 Å². The fourth-order valence-corrected chi connectivity index (χ4v) is 4.62. The van der Waals surface area contributed by atoms with E-state index in [1.165, 1.54) is 22.5 Å². The average molecular weight is 405 g/mol. The minimum atomic E-state index is -3.69. The van der Waals surface area contributed by atoms with Crippen molar-refractivity contribution in [3.8, 4) is 5.75 Å². The number of hydrogen-bond acceptors (Lipinski definition) is 4. The Balaban J connectivity index is 2.33. The van der Waals surface area contributed by atoms with E-state index in [2.05, 4.69) is 5.32 Å². The third-order valence-corrected chi connectivity index (χ3v) is 6.71. The quantitative estimate of drug-likeness (QED) is 0.620. The van der Waals surface area contributed by atoms with Crippen molar-refractivity contribution in [2.24, 2.45) is 0 Å². The van der Waals surface area contributed by atoms with Gasteiger partial charge in [-0.3, -0.25) is 4.79 Å². The summed E-state index contributed by atoms with van der Waals surface area (Å²) in [5, 5.41) is 12.9. The van der Waals surface area contributed by atoms with E-state index >= 15 is 0 Å². The minimum Gasteiger partial charge on any atom is -0.506 e. The zero-order chi connectivity index (χ0) is 20.7. The van der Waals surface area contributed by atoms with E-state index in [1.807, 2.05) is 37.3 Å². The van der Waals surface area contributed by atoms with Crippen LogP contribution in [-0.4, -0.2) is 36.8 Å². The van der Waals surface area contributed by atoms with Gasteiger partial charge >= 0.3 is 0 Å². The Morgan fingerprint density at radius 3 is 2.29 bits per heavy atom. The molecule has 28 heavy (non-hydrogen) atoms. The standard InChI is InChI=1S/C21H28N2O4S/c1-4-10-18(16-11-8-7-9-12-16)21(25)22-19-15-17(13-14-20(19)24)28(26,27)23(5-2)6-3/h7-9,11-15,18,24H,4-6,10H2,1-3H3,(H,22,25). The number of carbonyl (C=O) groups is 1. The third kappa shape index (κ3) is 4.91. The Bertz CT molecular complexity index is 894. The van der Waals surface area contributed by atoms with Crippen LogP contribution in [0.5, 0.6) is 5.75 Å². The molecule has 0 aliphatic rings. The highest BCUT2D eigenvalue weighted by Gasteiger charge is 2.25. The number of nitrogens with zero attached hydrogens (tertiary/aromatic N) is 1. The highest BCUT2D eigenvalue weighted by Crippen LogP contribution is 2.30. The summed E-state index contributed by atoms with van der Waals surface area (Å²) >= 11 is 0. The van der Waals surface area contributed by atoms with Gasteiger partial charge in [0.25, 0.3) is 0 Å². The van der Waals surface area contributed by atoms with Gasteiger partial charge in [0, 0.05) is 13.1 Å². The summed E-state index contributed by atoms with van der Waals surface area (Å²) in [5.74, 6) is -0.829. The van der Waals surface area contributed by atoms with Gasteiger partial charge in [-0.2, -0.15) is 4.31 Å². The van der Waals surface area contributed by atoms with Crippen LogP contribution in [0.25, 0.3) is 0 Å². The molecule has 7 heteroatoms. The molecule has 2 rings (SSSR count). The smallest absolute Gasteiger partial charge is 0.243 e. The first-order valence-corrected chi connectivity index (χ1v) is 11.0. The van der Waals surface area contributed by atoms with Crippen molar-refractivity contribution >= 4 is 21.6 Å². The molecule has 1 unspecified atom stereocenters. The minimum absolute atomic E-state index is 0.0380. The molecule has 0 aliphatic heterocycles. The van der Waals surface area contributed by atoms with Crippen molar-refractivity contribution in [2.75, 3.05) is 18.4 Å². The van der Waals surface area contributed by atoms with E-state index in [0.29, 0.717) is 19.5 Å². The Labute approximate surface area is 167 Å². The average Bonchev–Trinajstić information content (AvgIpc) is 2.69. The normalized spacial score (nSPS) is 12.7. The first kappa shape index (κ1) is 21.9. The van der Waals surface area contributed by atoms with Gasteiger partial charge in [0.2, 0.25) is 15.9 Å². The second kappa shape index (κ2) is 9.71. The maximum absolute atomic E-state index is 12.9. The molecule has 0 bridgehead atoms. The summed E-state index contributed by atoms with van der Waals surface area (Å²) in [4.78, 5) is 12.9. The van der Waals surface area contributed by atoms with Crippen molar-refractivity contribution in [1.82, 2.24) is 4.31 Å². The van der Waals surface area contributed by atoms with E-state index in [0.717, 1.165) is 12.0 Å². The van der Waals surface area contributed by atoms with E-state index in [1.54, 1.807) is 13.8 Å². The number of amides is 1. The third-order valence-electron chi connectivity index (χ3n) is 4.66. The maximum Gasteiger partial charge on any atom is 0.243 e. The molecule has 1 atom stereocenters. The Kier molecular flexibility index (Phi) is 7.60. The molecule has 0 saturated heterocycles. The summed E-state index contributed by atoms with van der Waals surface area (Å²) in [5.41, 5.74) is 0.975. The molecule has 0 heterocycles. The summed E-state index contributed by atoms with van der Waals surface area (Å²) in [7, 11) is -3.69. The van der Waals surface area contributed by atoms with E-state index < -0.39 is 10.0 Å². The summed E-state index contributed by atoms with van der Waals surface area (Å²) in [6.07, 6.45) is 1.46. The number of hydrogen-bond donors (Lipinski definition) is 2. The number of phenols is 1. The van der Waals surface area contributed by atoms with E-state index in [9.17, 15) is 18.3 Å². The van der Waals surface area contributed by atoms with Gasteiger partial charge in [-0.05, 0) is 30.2 Å². The largest absolute Gasteiger partial charge is 0.506 e. The highest BCUT2D eigenvalue weighted by molar-refractivity contribution is 7.89. The molecular weight excluding hydrogens is 376 g/mol. The molecule has 0 radical (unpaired) electrons. The number of sulfonamides is 1.